The van der Waals surface area contributed by atoms with Gasteiger partial charge in [-0.15, -0.1) is 0 Å². The quantitative estimate of drug-likeness (QED) is 0.859. The Morgan fingerprint density at radius 2 is 1.90 bits per heavy atom. The Labute approximate surface area is 118 Å². The summed E-state index contributed by atoms with van der Waals surface area (Å²) < 4.78 is 0. The molecule has 0 saturated heterocycles. The van der Waals surface area contributed by atoms with Crippen LogP contribution in [0, 0.1) is 18.3 Å². The molecule has 2 aromatic carbocycles. The Morgan fingerprint density at radius 3 is 2.55 bits per heavy atom. The van der Waals surface area contributed by atoms with Crippen LogP contribution >= 0.6 is 0 Å². The zero-order valence-corrected chi connectivity index (χ0v) is 11.6. The van der Waals surface area contributed by atoms with Crippen molar-refractivity contribution in [1.29, 1.82) is 5.26 Å². The van der Waals surface area contributed by atoms with E-state index in [9.17, 15) is 4.79 Å². The van der Waals surface area contributed by atoms with E-state index >= 15 is 0 Å². The zero-order chi connectivity index (χ0) is 14.5. The van der Waals surface area contributed by atoms with Crippen LogP contribution < -0.4 is 5.32 Å². The van der Waals surface area contributed by atoms with Crippen LogP contribution in [0.4, 0.5) is 5.69 Å². The number of nitrogens with one attached hydrogen (secondary N) is 1. The number of ketones is 1. The minimum absolute atomic E-state index is 0.0253. The first-order valence-electron chi connectivity index (χ1n) is 6.48. The number of carbonyl (C=O) groups is 1. The first-order chi connectivity index (χ1) is 9.60. The highest BCUT2D eigenvalue weighted by Crippen LogP contribution is 2.13. The van der Waals surface area contributed by atoms with Crippen molar-refractivity contribution in [3.63, 3.8) is 0 Å². The monoisotopic (exact) mass is 264 g/mol. The molecule has 0 heterocycles. The molecule has 0 aliphatic carbocycles. The van der Waals surface area contributed by atoms with E-state index in [1.165, 1.54) is 5.56 Å². The molecular weight excluding hydrogens is 248 g/mol. The summed E-state index contributed by atoms with van der Waals surface area (Å²) in [6.07, 6.45) is 0. The number of benzene rings is 2. The minimum Gasteiger partial charge on any atom is -0.375 e. The Balaban J connectivity index is 2.12. The second kappa shape index (κ2) is 6.03. The smallest absolute Gasteiger partial charge is 0.184 e. The van der Waals surface area contributed by atoms with Gasteiger partial charge in [-0.3, -0.25) is 4.79 Å². The van der Waals surface area contributed by atoms with Crippen molar-refractivity contribution < 1.29 is 4.79 Å². The van der Waals surface area contributed by atoms with Gasteiger partial charge in [0.25, 0.3) is 0 Å². The van der Waals surface area contributed by atoms with Gasteiger partial charge in [-0.05, 0) is 38.1 Å². The number of hydrogen-bond donors (Lipinski definition) is 1. The number of rotatable bonds is 4. The van der Waals surface area contributed by atoms with Crippen molar-refractivity contribution in [1.82, 2.24) is 0 Å². The number of carbonyl (C=O) groups excluding carboxylic acids is 1. The minimum atomic E-state index is -0.341. The molecule has 100 valence electrons. The second-order valence-electron chi connectivity index (χ2n) is 4.79. The van der Waals surface area contributed by atoms with E-state index in [0.717, 1.165) is 5.69 Å². The Bertz CT molecular complexity index is 653. The van der Waals surface area contributed by atoms with E-state index in [2.05, 4.69) is 5.32 Å². The average molecular weight is 264 g/mol. The molecule has 1 unspecified atom stereocenters. The molecule has 0 aromatic heterocycles. The number of nitrogens with zero attached hydrogens (tertiary/aromatic N) is 1. The van der Waals surface area contributed by atoms with Crippen molar-refractivity contribution in [3.8, 4) is 6.07 Å². The first kappa shape index (κ1) is 13.8. The van der Waals surface area contributed by atoms with E-state index in [1.807, 2.05) is 44.2 Å². The van der Waals surface area contributed by atoms with Crippen LogP contribution in [-0.2, 0) is 0 Å². The van der Waals surface area contributed by atoms with Crippen LogP contribution in [-0.4, -0.2) is 11.8 Å². The summed E-state index contributed by atoms with van der Waals surface area (Å²) >= 11 is 0. The summed E-state index contributed by atoms with van der Waals surface area (Å²) in [7, 11) is 0. The van der Waals surface area contributed by atoms with E-state index in [0.29, 0.717) is 11.1 Å². The molecule has 0 saturated carbocycles. The fraction of sp³-hybridized carbons (Fsp3) is 0.176. The highest BCUT2D eigenvalue weighted by Gasteiger charge is 2.15. The lowest BCUT2D eigenvalue weighted by Crippen LogP contribution is -2.26. The van der Waals surface area contributed by atoms with Crippen molar-refractivity contribution >= 4 is 11.5 Å². The molecule has 2 rings (SSSR count). The van der Waals surface area contributed by atoms with Gasteiger partial charge in [0, 0.05) is 11.3 Å². The zero-order valence-electron chi connectivity index (χ0n) is 11.6. The van der Waals surface area contributed by atoms with Crippen LogP contribution in [0.3, 0.4) is 0 Å². The van der Waals surface area contributed by atoms with Gasteiger partial charge in [-0.25, -0.2) is 0 Å². The highest BCUT2D eigenvalue weighted by molar-refractivity contribution is 6.01. The topological polar surface area (TPSA) is 52.9 Å². The summed E-state index contributed by atoms with van der Waals surface area (Å²) in [6, 6.07) is 16.4. The standard InChI is InChI=1S/C17H16N2O/c1-12-6-8-16(9-7-12)19-13(2)17(20)15-5-3-4-14(10-15)11-18/h3-10,13,19H,1-2H3. The van der Waals surface area contributed by atoms with Crippen molar-refractivity contribution in [2.45, 2.75) is 19.9 Å². The van der Waals surface area contributed by atoms with Crippen molar-refractivity contribution in [2.75, 3.05) is 5.32 Å². The molecule has 3 heteroatoms. The third-order valence-corrected chi connectivity index (χ3v) is 3.10. The van der Waals surface area contributed by atoms with Gasteiger partial charge in [-0.1, -0.05) is 29.8 Å². The molecule has 0 spiro atoms. The van der Waals surface area contributed by atoms with E-state index in [4.69, 9.17) is 5.26 Å². The van der Waals surface area contributed by atoms with Crippen LogP contribution in [0.1, 0.15) is 28.4 Å². The molecule has 1 N–H and O–H groups in total. The number of aryl methyl sites for hydroxylation is 1. The predicted octanol–water partition coefficient (Wildman–Crippen LogP) is 3.55. The molecule has 3 nitrogen and oxygen atoms in total. The molecule has 0 fully saturated rings. The lowest BCUT2D eigenvalue weighted by atomic mass is 10.0. The van der Waals surface area contributed by atoms with E-state index in [-0.39, 0.29) is 11.8 Å². The van der Waals surface area contributed by atoms with E-state index < -0.39 is 0 Å². The summed E-state index contributed by atoms with van der Waals surface area (Å²) in [5, 5.41) is 12.0. The first-order valence-corrected chi connectivity index (χ1v) is 6.48. The summed E-state index contributed by atoms with van der Waals surface area (Å²) in [4.78, 5) is 12.3. The molecular formula is C17H16N2O. The van der Waals surface area contributed by atoms with Crippen LogP contribution in [0.15, 0.2) is 48.5 Å². The summed E-state index contributed by atoms with van der Waals surface area (Å²) in [5.74, 6) is -0.0253. The van der Waals surface area contributed by atoms with E-state index in [1.54, 1.807) is 24.3 Å². The van der Waals surface area contributed by atoms with Gasteiger partial charge >= 0.3 is 0 Å². The fourth-order valence-corrected chi connectivity index (χ4v) is 1.96. The Kier molecular flexibility index (Phi) is 4.17. The largest absolute Gasteiger partial charge is 0.375 e. The van der Waals surface area contributed by atoms with Crippen LogP contribution in [0.5, 0.6) is 0 Å². The van der Waals surface area contributed by atoms with Gasteiger partial charge in [0.2, 0.25) is 0 Å². The van der Waals surface area contributed by atoms with Gasteiger partial charge in [-0.2, -0.15) is 5.26 Å². The third kappa shape index (κ3) is 3.24. The maximum Gasteiger partial charge on any atom is 0.184 e. The number of nitriles is 1. The average Bonchev–Trinajstić information content (AvgIpc) is 2.48. The molecule has 0 amide bonds. The summed E-state index contributed by atoms with van der Waals surface area (Å²) in [5.41, 5.74) is 3.14. The molecule has 0 aliphatic rings. The molecule has 1 atom stereocenters. The van der Waals surface area contributed by atoms with Gasteiger partial charge in [0.05, 0.1) is 17.7 Å². The molecule has 0 aliphatic heterocycles. The number of hydrogen-bond acceptors (Lipinski definition) is 3. The summed E-state index contributed by atoms with van der Waals surface area (Å²) in [6.45, 7) is 3.84. The second-order valence-corrected chi connectivity index (χ2v) is 4.79. The van der Waals surface area contributed by atoms with Crippen molar-refractivity contribution in [3.05, 3.63) is 65.2 Å². The Hall–Kier alpha value is -2.60. The Morgan fingerprint density at radius 1 is 1.20 bits per heavy atom. The normalized spacial score (nSPS) is 11.4. The molecule has 20 heavy (non-hydrogen) atoms. The molecule has 2 aromatic rings. The van der Waals surface area contributed by atoms with Crippen molar-refractivity contribution in [2.24, 2.45) is 0 Å². The number of anilines is 1. The van der Waals surface area contributed by atoms with Crippen LogP contribution in [0.25, 0.3) is 0 Å². The lowest BCUT2D eigenvalue weighted by Gasteiger charge is -2.14. The predicted molar refractivity (Wildman–Crippen MR) is 79.8 cm³/mol. The van der Waals surface area contributed by atoms with Gasteiger partial charge < -0.3 is 5.32 Å². The third-order valence-electron chi connectivity index (χ3n) is 3.10. The molecule has 0 radical (unpaired) electrons. The van der Waals surface area contributed by atoms with Gasteiger partial charge in [0.15, 0.2) is 5.78 Å². The molecule has 0 bridgehead atoms. The number of Topliss-reactive ketones (excluding diaryl/α,β-unsaturated/α-hetero) is 1. The lowest BCUT2D eigenvalue weighted by molar-refractivity contribution is 0.0975. The van der Waals surface area contributed by atoms with Gasteiger partial charge in [0.1, 0.15) is 0 Å². The maximum atomic E-state index is 12.3. The fourth-order valence-electron chi connectivity index (χ4n) is 1.96. The SMILES string of the molecule is Cc1ccc(NC(C)C(=O)c2cccc(C#N)c2)cc1. The maximum absolute atomic E-state index is 12.3. The van der Waals surface area contributed by atoms with Crippen LogP contribution in [0.2, 0.25) is 0 Å². The highest BCUT2D eigenvalue weighted by atomic mass is 16.1.